The normalized spacial score (nSPS) is 21.9. The fourth-order valence-electron chi connectivity index (χ4n) is 2.58. The zero-order chi connectivity index (χ0) is 11.2. The van der Waals surface area contributed by atoms with Crippen molar-refractivity contribution in [2.45, 2.75) is 24.9 Å². The van der Waals surface area contributed by atoms with Crippen molar-refractivity contribution in [2.75, 3.05) is 13.1 Å². The maximum Gasteiger partial charge on any atom is 0.200 e. The van der Waals surface area contributed by atoms with Gasteiger partial charge in [0, 0.05) is 12.0 Å². The lowest BCUT2D eigenvalue weighted by molar-refractivity contribution is 0.0562. The summed E-state index contributed by atoms with van der Waals surface area (Å²) in [6, 6.07) is 2.81. The quantitative estimate of drug-likeness (QED) is 0.729. The van der Waals surface area contributed by atoms with Gasteiger partial charge in [-0.3, -0.25) is 0 Å². The van der Waals surface area contributed by atoms with E-state index in [1.807, 2.05) is 0 Å². The highest BCUT2D eigenvalue weighted by atomic mass is 19.2. The second kappa shape index (κ2) is 3.42. The molecule has 0 unspecified atom stereocenters. The van der Waals surface area contributed by atoms with Crippen LogP contribution in [0.1, 0.15) is 18.4 Å². The number of ether oxygens (including phenoxy) is 1. The summed E-state index contributed by atoms with van der Waals surface area (Å²) < 4.78 is 32.3. The average molecular weight is 225 g/mol. The lowest BCUT2D eigenvalue weighted by atomic mass is 9.88. The molecule has 0 amide bonds. The van der Waals surface area contributed by atoms with Gasteiger partial charge in [-0.25, -0.2) is 4.39 Å². The first kappa shape index (κ1) is 10.0. The second-order valence-electron chi connectivity index (χ2n) is 4.56. The molecule has 4 heteroatoms. The van der Waals surface area contributed by atoms with Gasteiger partial charge in [0.1, 0.15) is 5.60 Å². The zero-order valence-corrected chi connectivity index (χ0v) is 8.85. The van der Waals surface area contributed by atoms with Crippen LogP contribution in [0.2, 0.25) is 0 Å². The predicted molar refractivity (Wildman–Crippen MR) is 55.5 cm³/mol. The predicted octanol–water partition coefficient (Wildman–Crippen LogP) is 2.02. The molecule has 1 aromatic rings. The molecule has 0 bridgehead atoms. The van der Waals surface area contributed by atoms with E-state index in [9.17, 15) is 8.78 Å². The Morgan fingerprint density at radius 3 is 2.69 bits per heavy atom. The molecule has 2 heterocycles. The number of halogens is 2. The Balaban J connectivity index is 1.96. The molecule has 3 rings (SSSR count). The first-order chi connectivity index (χ1) is 7.70. The fraction of sp³-hybridized carbons (Fsp3) is 0.500. The van der Waals surface area contributed by atoms with Crippen molar-refractivity contribution < 1.29 is 13.5 Å². The second-order valence-corrected chi connectivity index (χ2v) is 4.56. The molecule has 16 heavy (non-hydrogen) atoms. The Labute approximate surface area is 92.6 Å². The number of hydrogen-bond donors (Lipinski definition) is 1. The summed E-state index contributed by atoms with van der Waals surface area (Å²) in [4.78, 5) is 0. The highest BCUT2D eigenvalue weighted by Gasteiger charge is 2.41. The Morgan fingerprint density at radius 2 is 1.94 bits per heavy atom. The lowest BCUT2D eigenvalue weighted by Crippen LogP contribution is -2.45. The van der Waals surface area contributed by atoms with Crippen molar-refractivity contribution in [2.24, 2.45) is 0 Å². The summed E-state index contributed by atoms with van der Waals surface area (Å²) in [7, 11) is 0. The van der Waals surface area contributed by atoms with E-state index < -0.39 is 11.6 Å². The van der Waals surface area contributed by atoms with Crippen LogP contribution < -0.4 is 10.1 Å². The molecule has 2 aliphatic heterocycles. The highest BCUT2D eigenvalue weighted by molar-refractivity contribution is 5.41. The third kappa shape index (κ3) is 1.40. The molecule has 1 N–H and O–H groups in total. The Morgan fingerprint density at radius 1 is 1.19 bits per heavy atom. The van der Waals surface area contributed by atoms with Gasteiger partial charge in [0.05, 0.1) is 0 Å². The summed E-state index contributed by atoms with van der Waals surface area (Å²) in [6.07, 6.45) is 2.40. The van der Waals surface area contributed by atoms with Crippen LogP contribution in [-0.2, 0) is 6.42 Å². The Hall–Kier alpha value is -1.16. The van der Waals surface area contributed by atoms with Crippen LogP contribution in [0.4, 0.5) is 8.78 Å². The molecule has 0 aromatic heterocycles. The molecule has 86 valence electrons. The number of benzene rings is 1. The van der Waals surface area contributed by atoms with Crippen molar-refractivity contribution in [3.05, 3.63) is 29.3 Å². The standard InChI is InChI=1S/C12H13F2NO/c13-9-2-1-8-7-12(3-5-15-6-4-12)16-11(8)10(9)14/h1-2,15H,3-7H2. The number of nitrogens with one attached hydrogen (secondary N) is 1. The van der Waals surface area contributed by atoms with E-state index in [1.54, 1.807) is 6.07 Å². The van der Waals surface area contributed by atoms with E-state index in [0.717, 1.165) is 31.5 Å². The van der Waals surface area contributed by atoms with Gasteiger partial charge in [-0.2, -0.15) is 4.39 Å². The van der Waals surface area contributed by atoms with Crippen molar-refractivity contribution in [3.63, 3.8) is 0 Å². The largest absolute Gasteiger partial charge is 0.483 e. The molecule has 1 fully saturated rings. The van der Waals surface area contributed by atoms with Crippen LogP contribution in [0.15, 0.2) is 12.1 Å². The van der Waals surface area contributed by atoms with E-state index in [2.05, 4.69) is 5.32 Å². The lowest BCUT2D eigenvalue weighted by Gasteiger charge is -2.33. The first-order valence-corrected chi connectivity index (χ1v) is 5.57. The first-order valence-electron chi connectivity index (χ1n) is 5.57. The number of rotatable bonds is 0. The van der Waals surface area contributed by atoms with Crippen molar-refractivity contribution in [1.29, 1.82) is 0 Å². The van der Waals surface area contributed by atoms with E-state index in [-0.39, 0.29) is 11.4 Å². The number of piperidine rings is 1. The van der Waals surface area contributed by atoms with Gasteiger partial charge < -0.3 is 10.1 Å². The summed E-state index contributed by atoms with van der Waals surface area (Å²) in [5.74, 6) is -1.54. The van der Waals surface area contributed by atoms with Crippen molar-refractivity contribution in [1.82, 2.24) is 5.32 Å². The van der Waals surface area contributed by atoms with Gasteiger partial charge in [-0.15, -0.1) is 0 Å². The summed E-state index contributed by atoms with van der Waals surface area (Å²) in [5.41, 5.74) is 0.489. The third-order valence-corrected chi connectivity index (χ3v) is 3.48. The number of hydrogen-bond acceptors (Lipinski definition) is 2. The van der Waals surface area contributed by atoms with Gasteiger partial charge in [0.2, 0.25) is 5.82 Å². The van der Waals surface area contributed by atoms with Crippen LogP contribution in [0.3, 0.4) is 0 Å². The maximum absolute atomic E-state index is 13.5. The average Bonchev–Trinajstić information content (AvgIpc) is 2.64. The highest BCUT2D eigenvalue weighted by Crippen LogP contribution is 2.41. The molecular weight excluding hydrogens is 212 g/mol. The molecule has 0 aliphatic carbocycles. The Bertz CT molecular complexity index is 427. The molecular formula is C12H13F2NO. The van der Waals surface area contributed by atoms with Crippen molar-refractivity contribution in [3.8, 4) is 5.75 Å². The fourth-order valence-corrected chi connectivity index (χ4v) is 2.58. The van der Waals surface area contributed by atoms with Gasteiger partial charge in [0.15, 0.2) is 11.6 Å². The smallest absolute Gasteiger partial charge is 0.200 e. The van der Waals surface area contributed by atoms with Crippen LogP contribution in [0.25, 0.3) is 0 Å². The minimum Gasteiger partial charge on any atom is -0.483 e. The van der Waals surface area contributed by atoms with Crippen LogP contribution >= 0.6 is 0 Å². The van der Waals surface area contributed by atoms with E-state index in [4.69, 9.17) is 4.74 Å². The molecule has 1 aromatic carbocycles. The van der Waals surface area contributed by atoms with Gasteiger partial charge in [-0.05, 0) is 32.0 Å². The molecule has 2 nitrogen and oxygen atoms in total. The van der Waals surface area contributed by atoms with E-state index >= 15 is 0 Å². The number of fused-ring (bicyclic) bond motifs is 1. The molecule has 1 spiro atoms. The van der Waals surface area contributed by atoms with Gasteiger partial charge in [-0.1, -0.05) is 6.07 Å². The molecule has 2 aliphatic rings. The van der Waals surface area contributed by atoms with Crippen LogP contribution in [0, 0.1) is 11.6 Å². The third-order valence-electron chi connectivity index (χ3n) is 3.48. The van der Waals surface area contributed by atoms with E-state index in [1.165, 1.54) is 6.07 Å². The Kier molecular flexibility index (Phi) is 2.14. The van der Waals surface area contributed by atoms with Crippen molar-refractivity contribution >= 4 is 0 Å². The van der Waals surface area contributed by atoms with E-state index in [0.29, 0.717) is 6.42 Å². The SMILES string of the molecule is Fc1ccc2c(c1F)OC1(CCNCC1)C2. The molecule has 1 saturated heterocycles. The summed E-state index contributed by atoms with van der Waals surface area (Å²) >= 11 is 0. The molecule has 0 radical (unpaired) electrons. The minimum absolute atomic E-state index is 0.127. The van der Waals surface area contributed by atoms with Gasteiger partial charge in [0.25, 0.3) is 0 Å². The molecule has 0 saturated carbocycles. The summed E-state index contributed by atoms with van der Waals surface area (Å²) in [6.45, 7) is 1.75. The summed E-state index contributed by atoms with van der Waals surface area (Å²) in [5, 5.41) is 3.24. The van der Waals surface area contributed by atoms with Gasteiger partial charge >= 0.3 is 0 Å². The topological polar surface area (TPSA) is 21.3 Å². The molecule has 0 atom stereocenters. The zero-order valence-electron chi connectivity index (χ0n) is 8.85. The van der Waals surface area contributed by atoms with Crippen LogP contribution in [0.5, 0.6) is 5.75 Å². The maximum atomic E-state index is 13.5. The monoisotopic (exact) mass is 225 g/mol. The minimum atomic E-state index is -0.840. The van der Waals surface area contributed by atoms with Crippen LogP contribution in [-0.4, -0.2) is 18.7 Å².